The van der Waals surface area contributed by atoms with E-state index in [-0.39, 0.29) is 6.04 Å². The van der Waals surface area contributed by atoms with Crippen molar-refractivity contribution in [3.05, 3.63) is 29.6 Å². The van der Waals surface area contributed by atoms with Gasteiger partial charge in [0.2, 0.25) is 0 Å². The van der Waals surface area contributed by atoms with Gasteiger partial charge in [-0.15, -0.1) is 13.2 Å². The van der Waals surface area contributed by atoms with Crippen molar-refractivity contribution in [2.24, 2.45) is 5.73 Å². The SMILES string of the molecule is CCC[C@H](N)c1ccc(OC(F)(F)F)c(F)c1. The molecular formula is C11H13F4NO. The first kappa shape index (κ1) is 13.8. The van der Waals surface area contributed by atoms with E-state index in [1.54, 1.807) is 0 Å². The molecule has 6 heteroatoms. The van der Waals surface area contributed by atoms with Crippen LogP contribution in [0, 0.1) is 5.82 Å². The van der Waals surface area contributed by atoms with Gasteiger partial charge in [-0.25, -0.2) is 4.39 Å². The molecule has 0 unspecified atom stereocenters. The molecule has 0 aliphatic heterocycles. The highest BCUT2D eigenvalue weighted by Crippen LogP contribution is 2.28. The molecule has 2 N–H and O–H groups in total. The Kier molecular flexibility index (Phi) is 4.34. The van der Waals surface area contributed by atoms with Crippen LogP contribution in [-0.4, -0.2) is 6.36 Å². The average molecular weight is 251 g/mol. The molecule has 0 spiro atoms. The fourth-order valence-corrected chi connectivity index (χ4v) is 1.43. The molecule has 0 fully saturated rings. The minimum absolute atomic E-state index is 0.380. The fraction of sp³-hybridized carbons (Fsp3) is 0.455. The third-order valence-corrected chi connectivity index (χ3v) is 2.21. The van der Waals surface area contributed by atoms with E-state index in [1.165, 1.54) is 6.07 Å². The van der Waals surface area contributed by atoms with Crippen molar-refractivity contribution >= 4 is 0 Å². The van der Waals surface area contributed by atoms with Crippen molar-refractivity contribution in [1.82, 2.24) is 0 Å². The summed E-state index contributed by atoms with van der Waals surface area (Å²) in [4.78, 5) is 0. The van der Waals surface area contributed by atoms with Crippen LogP contribution in [0.2, 0.25) is 0 Å². The Bertz CT molecular complexity index is 378. The van der Waals surface area contributed by atoms with Crippen molar-refractivity contribution in [1.29, 1.82) is 0 Å². The van der Waals surface area contributed by atoms with E-state index in [1.807, 2.05) is 6.92 Å². The predicted molar refractivity (Wildman–Crippen MR) is 54.9 cm³/mol. The zero-order chi connectivity index (χ0) is 13.1. The predicted octanol–water partition coefficient (Wildman–Crippen LogP) is 3.52. The molecule has 0 heterocycles. The quantitative estimate of drug-likeness (QED) is 0.831. The highest BCUT2D eigenvalue weighted by molar-refractivity contribution is 5.31. The smallest absolute Gasteiger partial charge is 0.403 e. The van der Waals surface area contributed by atoms with E-state index < -0.39 is 17.9 Å². The van der Waals surface area contributed by atoms with Crippen LogP contribution in [0.4, 0.5) is 17.6 Å². The Labute approximate surface area is 96.4 Å². The van der Waals surface area contributed by atoms with E-state index in [9.17, 15) is 17.6 Å². The third kappa shape index (κ3) is 4.22. The molecular weight excluding hydrogens is 238 g/mol. The Morgan fingerprint density at radius 2 is 2.00 bits per heavy atom. The standard InChI is InChI=1S/C11H13F4NO/c1-2-3-9(16)7-4-5-10(8(12)6-7)17-11(13,14)15/h4-6,9H,2-3,16H2,1H3/t9-/m0/s1. The van der Waals surface area contributed by atoms with Crippen LogP contribution in [0.5, 0.6) is 5.75 Å². The van der Waals surface area contributed by atoms with E-state index in [4.69, 9.17) is 5.73 Å². The van der Waals surface area contributed by atoms with Crippen molar-refractivity contribution in [2.45, 2.75) is 32.2 Å². The lowest BCUT2D eigenvalue weighted by atomic mass is 10.0. The van der Waals surface area contributed by atoms with Crippen LogP contribution >= 0.6 is 0 Å². The van der Waals surface area contributed by atoms with Gasteiger partial charge >= 0.3 is 6.36 Å². The number of halogens is 4. The maximum absolute atomic E-state index is 13.3. The summed E-state index contributed by atoms with van der Waals surface area (Å²) in [5.41, 5.74) is 6.18. The molecule has 0 amide bonds. The number of hydrogen-bond donors (Lipinski definition) is 1. The third-order valence-electron chi connectivity index (χ3n) is 2.21. The van der Waals surface area contributed by atoms with Gasteiger partial charge in [0.1, 0.15) is 0 Å². The molecule has 0 radical (unpaired) electrons. The van der Waals surface area contributed by atoms with Crippen molar-refractivity contribution < 1.29 is 22.3 Å². The summed E-state index contributed by atoms with van der Waals surface area (Å²) in [6.45, 7) is 1.91. The minimum Gasteiger partial charge on any atom is -0.403 e. The summed E-state index contributed by atoms with van der Waals surface area (Å²) in [7, 11) is 0. The second-order valence-electron chi connectivity index (χ2n) is 3.63. The van der Waals surface area contributed by atoms with Crippen LogP contribution in [-0.2, 0) is 0 Å². The number of nitrogens with two attached hydrogens (primary N) is 1. The first-order chi connectivity index (χ1) is 7.83. The highest BCUT2D eigenvalue weighted by Gasteiger charge is 2.32. The van der Waals surface area contributed by atoms with Gasteiger partial charge in [-0.05, 0) is 24.1 Å². The molecule has 0 bridgehead atoms. The Morgan fingerprint density at radius 3 is 2.47 bits per heavy atom. The fourth-order valence-electron chi connectivity index (χ4n) is 1.43. The summed E-state index contributed by atoms with van der Waals surface area (Å²) in [6, 6.07) is 2.87. The average Bonchev–Trinajstić information content (AvgIpc) is 2.19. The van der Waals surface area contributed by atoms with Crippen LogP contribution in [0.1, 0.15) is 31.4 Å². The molecule has 1 atom stereocenters. The summed E-state index contributed by atoms with van der Waals surface area (Å²) in [6.07, 6.45) is -3.45. The summed E-state index contributed by atoms with van der Waals surface area (Å²) >= 11 is 0. The molecule has 96 valence electrons. The molecule has 0 saturated heterocycles. The molecule has 1 rings (SSSR count). The summed E-state index contributed by atoms with van der Waals surface area (Å²) in [5.74, 6) is -1.91. The molecule has 17 heavy (non-hydrogen) atoms. The molecule has 0 saturated carbocycles. The van der Waals surface area contributed by atoms with Crippen LogP contribution in [0.3, 0.4) is 0 Å². The van der Waals surface area contributed by atoms with Gasteiger partial charge in [0.05, 0.1) is 0 Å². The normalized spacial score (nSPS) is 13.5. The van der Waals surface area contributed by atoms with Gasteiger partial charge in [0, 0.05) is 6.04 Å². The van der Waals surface area contributed by atoms with Crippen LogP contribution in [0.15, 0.2) is 18.2 Å². The first-order valence-corrected chi connectivity index (χ1v) is 5.14. The summed E-state index contributed by atoms with van der Waals surface area (Å²) < 4.78 is 52.5. The van der Waals surface area contributed by atoms with Gasteiger partial charge in [-0.2, -0.15) is 0 Å². The van der Waals surface area contributed by atoms with E-state index >= 15 is 0 Å². The number of alkyl halides is 3. The lowest BCUT2D eigenvalue weighted by Crippen LogP contribution is -2.18. The van der Waals surface area contributed by atoms with E-state index in [2.05, 4.69) is 4.74 Å². The molecule has 2 nitrogen and oxygen atoms in total. The molecule has 0 aliphatic carbocycles. The Hall–Kier alpha value is -1.30. The van der Waals surface area contributed by atoms with E-state index in [0.717, 1.165) is 18.6 Å². The topological polar surface area (TPSA) is 35.2 Å². The van der Waals surface area contributed by atoms with Crippen molar-refractivity contribution in [2.75, 3.05) is 0 Å². The van der Waals surface area contributed by atoms with Crippen molar-refractivity contribution in [3.63, 3.8) is 0 Å². The zero-order valence-corrected chi connectivity index (χ0v) is 9.22. The second-order valence-corrected chi connectivity index (χ2v) is 3.63. The number of hydrogen-bond acceptors (Lipinski definition) is 2. The number of rotatable bonds is 4. The molecule has 0 aliphatic rings. The lowest BCUT2D eigenvalue weighted by molar-refractivity contribution is -0.275. The minimum atomic E-state index is -4.89. The number of ether oxygens (including phenoxy) is 1. The maximum Gasteiger partial charge on any atom is 0.573 e. The molecule has 1 aromatic rings. The van der Waals surface area contributed by atoms with Gasteiger partial charge in [0.15, 0.2) is 11.6 Å². The zero-order valence-electron chi connectivity index (χ0n) is 9.22. The summed E-state index contributed by atoms with van der Waals surface area (Å²) in [5, 5.41) is 0. The Morgan fingerprint density at radius 1 is 1.35 bits per heavy atom. The van der Waals surface area contributed by atoms with Crippen molar-refractivity contribution in [3.8, 4) is 5.75 Å². The second kappa shape index (κ2) is 5.35. The highest BCUT2D eigenvalue weighted by atomic mass is 19.4. The van der Waals surface area contributed by atoms with Crippen LogP contribution in [0.25, 0.3) is 0 Å². The van der Waals surface area contributed by atoms with Gasteiger partial charge in [-0.1, -0.05) is 19.4 Å². The van der Waals surface area contributed by atoms with Gasteiger partial charge in [-0.3, -0.25) is 0 Å². The molecule has 1 aromatic carbocycles. The van der Waals surface area contributed by atoms with Gasteiger partial charge in [0.25, 0.3) is 0 Å². The monoisotopic (exact) mass is 251 g/mol. The largest absolute Gasteiger partial charge is 0.573 e. The first-order valence-electron chi connectivity index (χ1n) is 5.14. The maximum atomic E-state index is 13.3. The molecule has 0 aromatic heterocycles. The van der Waals surface area contributed by atoms with E-state index in [0.29, 0.717) is 12.0 Å². The van der Waals surface area contributed by atoms with Gasteiger partial charge < -0.3 is 10.5 Å². The van der Waals surface area contributed by atoms with Crippen LogP contribution < -0.4 is 10.5 Å². The Balaban J connectivity index is 2.86. The lowest BCUT2D eigenvalue weighted by Gasteiger charge is -2.13. The number of benzene rings is 1.